The minimum absolute atomic E-state index is 0.0174. The van der Waals surface area contributed by atoms with Gasteiger partial charge in [0, 0.05) is 5.56 Å². The Balaban J connectivity index is 1.79. The standard InChI is InChI=1S/C20H14N6O2/c21-10-11-28-16-8-6-14(7-9-16)13-23-26-20-24-18(15-4-2-1-3-5-15)17(12-22)19(27)25-20/h1-9,13H,11H2,(H2,24,25,26,27). The largest absolute Gasteiger partial charge is 0.479 e. The van der Waals surface area contributed by atoms with E-state index in [1.165, 1.54) is 6.21 Å². The number of nitrogens with zero attached hydrogens (tertiary/aromatic N) is 4. The Hall–Kier alpha value is -4.43. The number of ether oxygens (including phenoxy) is 1. The van der Waals surface area contributed by atoms with Gasteiger partial charge >= 0.3 is 0 Å². The van der Waals surface area contributed by atoms with Crippen LogP contribution in [0.15, 0.2) is 64.5 Å². The fraction of sp³-hybridized carbons (Fsp3) is 0.0500. The minimum Gasteiger partial charge on any atom is -0.479 e. The van der Waals surface area contributed by atoms with E-state index in [4.69, 9.17) is 10.00 Å². The third kappa shape index (κ3) is 4.40. The molecule has 0 saturated carbocycles. The van der Waals surface area contributed by atoms with Gasteiger partial charge in [-0.25, -0.2) is 10.4 Å². The molecule has 3 rings (SSSR count). The zero-order valence-corrected chi connectivity index (χ0v) is 14.6. The summed E-state index contributed by atoms with van der Waals surface area (Å²) in [5.74, 6) is 0.699. The van der Waals surface area contributed by atoms with E-state index in [0.717, 1.165) is 5.56 Å². The van der Waals surface area contributed by atoms with Crippen LogP contribution in [0.3, 0.4) is 0 Å². The van der Waals surface area contributed by atoms with Crippen molar-refractivity contribution in [1.29, 1.82) is 10.5 Å². The summed E-state index contributed by atoms with van der Waals surface area (Å²) >= 11 is 0. The second-order valence-electron chi connectivity index (χ2n) is 5.50. The molecule has 3 aromatic rings. The number of hydrogen-bond donors (Lipinski definition) is 2. The first-order valence-electron chi connectivity index (χ1n) is 8.20. The Morgan fingerprint density at radius 1 is 1.14 bits per heavy atom. The molecule has 0 aliphatic rings. The molecule has 0 radical (unpaired) electrons. The second-order valence-corrected chi connectivity index (χ2v) is 5.50. The number of anilines is 1. The lowest BCUT2D eigenvalue weighted by molar-refractivity contribution is 0.368. The molecule has 2 aromatic carbocycles. The van der Waals surface area contributed by atoms with Crippen molar-refractivity contribution in [3.63, 3.8) is 0 Å². The monoisotopic (exact) mass is 370 g/mol. The first kappa shape index (κ1) is 18.4. The van der Waals surface area contributed by atoms with Crippen molar-refractivity contribution in [2.24, 2.45) is 5.10 Å². The smallest absolute Gasteiger partial charge is 0.270 e. The number of nitriles is 2. The van der Waals surface area contributed by atoms with Crippen LogP contribution >= 0.6 is 0 Å². The molecule has 28 heavy (non-hydrogen) atoms. The highest BCUT2D eigenvalue weighted by Gasteiger charge is 2.12. The quantitative estimate of drug-likeness (QED) is 0.507. The maximum Gasteiger partial charge on any atom is 0.270 e. The summed E-state index contributed by atoms with van der Waals surface area (Å²) in [6.45, 7) is -0.0174. The summed E-state index contributed by atoms with van der Waals surface area (Å²) in [4.78, 5) is 19.0. The molecule has 136 valence electrons. The number of hydrazone groups is 1. The molecule has 0 saturated heterocycles. The Labute approximate surface area is 160 Å². The zero-order chi connectivity index (χ0) is 19.8. The number of nitrogens with one attached hydrogen (secondary N) is 2. The van der Waals surface area contributed by atoms with Gasteiger partial charge < -0.3 is 4.74 Å². The molecule has 0 fully saturated rings. The maximum atomic E-state index is 12.2. The van der Waals surface area contributed by atoms with Crippen LogP contribution in [-0.4, -0.2) is 22.8 Å². The van der Waals surface area contributed by atoms with Crippen molar-refractivity contribution >= 4 is 12.2 Å². The van der Waals surface area contributed by atoms with E-state index in [2.05, 4.69) is 20.5 Å². The fourth-order valence-corrected chi connectivity index (χ4v) is 2.37. The van der Waals surface area contributed by atoms with Crippen LogP contribution in [0.5, 0.6) is 5.75 Å². The third-order valence-electron chi connectivity index (χ3n) is 3.65. The van der Waals surface area contributed by atoms with Gasteiger partial charge in [0.15, 0.2) is 6.61 Å². The number of rotatable bonds is 6. The first-order valence-corrected chi connectivity index (χ1v) is 8.20. The SMILES string of the molecule is N#CCOc1ccc(C=NNc2nc(-c3ccccc3)c(C#N)c(=O)[nH]2)cc1. The molecule has 0 bridgehead atoms. The van der Waals surface area contributed by atoms with Gasteiger partial charge in [-0.2, -0.15) is 15.6 Å². The first-order chi connectivity index (χ1) is 13.7. The topological polar surface area (TPSA) is 127 Å². The Bertz CT molecular complexity index is 1120. The molecule has 1 aromatic heterocycles. The van der Waals surface area contributed by atoms with E-state index in [9.17, 15) is 10.1 Å². The predicted molar refractivity (Wildman–Crippen MR) is 104 cm³/mol. The average molecular weight is 370 g/mol. The van der Waals surface area contributed by atoms with Crippen molar-refractivity contribution in [1.82, 2.24) is 9.97 Å². The zero-order valence-electron chi connectivity index (χ0n) is 14.6. The maximum absolute atomic E-state index is 12.2. The minimum atomic E-state index is -0.548. The average Bonchev–Trinajstić information content (AvgIpc) is 2.73. The van der Waals surface area contributed by atoms with Gasteiger partial charge in [-0.05, 0) is 29.8 Å². The molecule has 2 N–H and O–H groups in total. The van der Waals surface area contributed by atoms with Crippen molar-refractivity contribution in [3.8, 4) is 29.1 Å². The van der Waals surface area contributed by atoms with Gasteiger partial charge in [-0.1, -0.05) is 30.3 Å². The molecule has 0 spiro atoms. The summed E-state index contributed by atoms with van der Waals surface area (Å²) in [5, 5.41) is 21.8. The van der Waals surface area contributed by atoms with Crippen molar-refractivity contribution < 1.29 is 4.74 Å². The van der Waals surface area contributed by atoms with Crippen molar-refractivity contribution in [3.05, 3.63) is 76.1 Å². The molecule has 8 heteroatoms. The van der Waals surface area contributed by atoms with Crippen LogP contribution in [0.2, 0.25) is 0 Å². The summed E-state index contributed by atoms with van der Waals surface area (Å²) in [7, 11) is 0. The molecule has 0 aliphatic heterocycles. The Morgan fingerprint density at radius 2 is 1.89 bits per heavy atom. The number of aromatic nitrogens is 2. The van der Waals surface area contributed by atoms with Crippen molar-refractivity contribution in [2.45, 2.75) is 0 Å². The number of H-pyrrole nitrogens is 1. The van der Waals surface area contributed by atoms with E-state index in [1.54, 1.807) is 48.5 Å². The van der Waals surface area contributed by atoms with E-state index < -0.39 is 5.56 Å². The van der Waals surface area contributed by atoms with Crippen LogP contribution < -0.4 is 15.7 Å². The van der Waals surface area contributed by atoms with Gasteiger partial charge in [0.25, 0.3) is 5.56 Å². The molecular formula is C20H14N6O2. The second kappa shape index (κ2) is 8.79. The summed E-state index contributed by atoms with van der Waals surface area (Å²) in [6.07, 6.45) is 1.54. The van der Waals surface area contributed by atoms with Gasteiger partial charge in [0.1, 0.15) is 23.5 Å². The lowest BCUT2D eigenvalue weighted by atomic mass is 10.1. The summed E-state index contributed by atoms with van der Waals surface area (Å²) in [6, 6.07) is 19.7. The lowest BCUT2D eigenvalue weighted by Crippen LogP contribution is -2.16. The fourth-order valence-electron chi connectivity index (χ4n) is 2.37. The molecule has 0 aliphatic carbocycles. The van der Waals surface area contributed by atoms with Crippen LogP contribution in [0.4, 0.5) is 5.95 Å². The van der Waals surface area contributed by atoms with Gasteiger partial charge in [0.05, 0.1) is 11.9 Å². The highest BCUT2D eigenvalue weighted by molar-refractivity contribution is 5.80. The highest BCUT2D eigenvalue weighted by atomic mass is 16.5. The van der Waals surface area contributed by atoms with Gasteiger partial charge in [-0.15, -0.1) is 0 Å². The molecule has 1 heterocycles. The predicted octanol–water partition coefficient (Wildman–Crippen LogP) is 2.66. The molecular weight excluding hydrogens is 356 g/mol. The van der Waals surface area contributed by atoms with E-state index in [-0.39, 0.29) is 23.8 Å². The lowest BCUT2D eigenvalue weighted by Gasteiger charge is -2.06. The van der Waals surface area contributed by atoms with E-state index in [1.807, 2.05) is 18.2 Å². The summed E-state index contributed by atoms with van der Waals surface area (Å²) in [5.41, 5.74) is 3.77. The Morgan fingerprint density at radius 3 is 2.57 bits per heavy atom. The molecule has 8 nitrogen and oxygen atoms in total. The Kier molecular flexibility index (Phi) is 5.76. The van der Waals surface area contributed by atoms with E-state index >= 15 is 0 Å². The third-order valence-corrected chi connectivity index (χ3v) is 3.65. The van der Waals surface area contributed by atoms with Gasteiger partial charge in [-0.3, -0.25) is 9.78 Å². The van der Waals surface area contributed by atoms with E-state index in [0.29, 0.717) is 11.3 Å². The number of aromatic amines is 1. The van der Waals surface area contributed by atoms with Crippen LogP contribution in [0, 0.1) is 22.7 Å². The molecule has 0 amide bonds. The molecule has 0 atom stereocenters. The highest BCUT2D eigenvalue weighted by Crippen LogP contribution is 2.19. The van der Waals surface area contributed by atoms with Crippen molar-refractivity contribution in [2.75, 3.05) is 12.0 Å². The molecule has 0 unspecified atom stereocenters. The van der Waals surface area contributed by atoms with Crippen LogP contribution in [0.25, 0.3) is 11.3 Å². The number of hydrogen-bond acceptors (Lipinski definition) is 7. The summed E-state index contributed by atoms with van der Waals surface area (Å²) < 4.78 is 5.18. The van der Waals surface area contributed by atoms with Crippen LogP contribution in [-0.2, 0) is 0 Å². The van der Waals surface area contributed by atoms with Gasteiger partial charge in [0.2, 0.25) is 5.95 Å². The normalized spacial score (nSPS) is 10.2. The van der Waals surface area contributed by atoms with Crippen LogP contribution in [0.1, 0.15) is 11.1 Å². The number of benzene rings is 2.